The molecule has 0 atom stereocenters. The second-order valence-corrected chi connectivity index (χ2v) is 3.60. The smallest absolute Gasteiger partial charge is 0.110 e. The van der Waals surface area contributed by atoms with Gasteiger partial charge in [0.05, 0.1) is 0 Å². The van der Waals surface area contributed by atoms with E-state index in [1.807, 2.05) is 30.1 Å². The van der Waals surface area contributed by atoms with Crippen LogP contribution in [0.25, 0.3) is 0 Å². The van der Waals surface area contributed by atoms with Gasteiger partial charge in [-0.1, -0.05) is 0 Å². The monoisotopic (exact) mass is 204 g/mol. The van der Waals surface area contributed by atoms with Gasteiger partial charge >= 0.3 is 0 Å². The molecule has 0 unspecified atom stereocenters. The summed E-state index contributed by atoms with van der Waals surface area (Å²) in [7, 11) is 2.02. The van der Waals surface area contributed by atoms with Crippen LogP contribution in [0.5, 0.6) is 0 Å². The van der Waals surface area contributed by atoms with Gasteiger partial charge in [-0.05, 0) is 12.1 Å². The first-order valence-corrected chi connectivity index (χ1v) is 5.11. The van der Waals surface area contributed by atoms with Crippen molar-refractivity contribution in [3.63, 3.8) is 0 Å². The zero-order valence-corrected chi connectivity index (χ0v) is 8.93. The number of aryl methyl sites for hydroxylation is 3. The van der Waals surface area contributed by atoms with Crippen molar-refractivity contribution in [1.82, 2.24) is 14.1 Å². The highest BCUT2D eigenvalue weighted by Gasteiger charge is 2.02. The van der Waals surface area contributed by atoms with Crippen molar-refractivity contribution in [2.24, 2.45) is 12.8 Å². The average molecular weight is 204 g/mol. The van der Waals surface area contributed by atoms with Crippen LogP contribution in [0.3, 0.4) is 0 Å². The zero-order valence-electron chi connectivity index (χ0n) is 8.93. The fourth-order valence-corrected chi connectivity index (χ4v) is 1.71. The Morgan fingerprint density at radius 3 is 2.93 bits per heavy atom. The van der Waals surface area contributed by atoms with E-state index in [-0.39, 0.29) is 0 Å². The predicted molar refractivity (Wildman–Crippen MR) is 59.2 cm³/mol. The third-order valence-corrected chi connectivity index (χ3v) is 2.63. The van der Waals surface area contributed by atoms with Gasteiger partial charge in [0.15, 0.2) is 0 Å². The molecule has 4 nitrogen and oxygen atoms in total. The summed E-state index contributed by atoms with van der Waals surface area (Å²) in [6.07, 6.45) is 6.79. The first kappa shape index (κ1) is 9.98. The molecule has 2 rings (SSSR count). The summed E-state index contributed by atoms with van der Waals surface area (Å²) in [6, 6.07) is 4.08. The standard InChI is InChI=1S/C11H16N4/c1-14-8-5-13-11(14)4-7-15-6-2-3-10(15)9-12/h2-3,5-6,8H,4,7,9,12H2,1H3. The summed E-state index contributed by atoms with van der Waals surface area (Å²) in [4.78, 5) is 4.29. The van der Waals surface area contributed by atoms with E-state index < -0.39 is 0 Å². The summed E-state index contributed by atoms with van der Waals surface area (Å²) in [5.74, 6) is 1.10. The molecule has 0 aliphatic rings. The highest BCUT2D eigenvalue weighted by Crippen LogP contribution is 2.04. The molecule has 0 spiro atoms. The molecule has 0 amide bonds. The Bertz CT molecular complexity index is 427. The van der Waals surface area contributed by atoms with Gasteiger partial charge < -0.3 is 14.9 Å². The lowest BCUT2D eigenvalue weighted by Gasteiger charge is -2.07. The molecule has 0 aliphatic heterocycles. The molecule has 2 heterocycles. The maximum Gasteiger partial charge on any atom is 0.110 e. The molecular weight excluding hydrogens is 188 g/mol. The maximum absolute atomic E-state index is 5.63. The Morgan fingerprint density at radius 1 is 1.40 bits per heavy atom. The average Bonchev–Trinajstić information content (AvgIpc) is 2.83. The first-order valence-electron chi connectivity index (χ1n) is 5.11. The molecule has 0 radical (unpaired) electrons. The first-order chi connectivity index (χ1) is 7.31. The van der Waals surface area contributed by atoms with Crippen LogP contribution >= 0.6 is 0 Å². The van der Waals surface area contributed by atoms with E-state index in [1.54, 1.807) is 0 Å². The van der Waals surface area contributed by atoms with Gasteiger partial charge in [0.25, 0.3) is 0 Å². The number of rotatable bonds is 4. The Balaban J connectivity index is 2.02. The molecule has 2 aromatic heterocycles. The maximum atomic E-state index is 5.63. The van der Waals surface area contributed by atoms with Crippen molar-refractivity contribution in [3.05, 3.63) is 42.2 Å². The third kappa shape index (κ3) is 2.10. The van der Waals surface area contributed by atoms with E-state index in [4.69, 9.17) is 5.73 Å². The Labute approximate surface area is 89.3 Å². The normalized spacial score (nSPS) is 10.8. The number of aromatic nitrogens is 3. The largest absolute Gasteiger partial charge is 0.350 e. The van der Waals surface area contributed by atoms with Crippen LogP contribution in [0.2, 0.25) is 0 Å². The summed E-state index contributed by atoms with van der Waals surface area (Å²) < 4.78 is 4.22. The SMILES string of the molecule is Cn1ccnc1CCn1cccc1CN. The van der Waals surface area contributed by atoms with Gasteiger partial charge in [-0.15, -0.1) is 0 Å². The fourth-order valence-electron chi connectivity index (χ4n) is 1.71. The Hall–Kier alpha value is -1.55. The number of nitrogens with two attached hydrogens (primary N) is 1. The van der Waals surface area contributed by atoms with E-state index in [1.165, 1.54) is 5.69 Å². The van der Waals surface area contributed by atoms with Crippen LogP contribution in [0, 0.1) is 0 Å². The minimum absolute atomic E-state index is 0.591. The van der Waals surface area contributed by atoms with E-state index in [0.717, 1.165) is 18.8 Å². The van der Waals surface area contributed by atoms with Gasteiger partial charge in [0.1, 0.15) is 5.82 Å². The Kier molecular flexibility index (Phi) is 2.87. The number of hydrogen-bond acceptors (Lipinski definition) is 2. The van der Waals surface area contributed by atoms with E-state index in [9.17, 15) is 0 Å². The van der Waals surface area contributed by atoms with Gasteiger partial charge in [0, 0.05) is 50.8 Å². The van der Waals surface area contributed by atoms with E-state index in [2.05, 4.69) is 21.8 Å². The van der Waals surface area contributed by atoms with Crippen LogP contribution in [0.15, 0.2) is 30.7 Å². The lowest BCUT2D eigenvalue weighted by atomic mass is 10.3. The molecular formula is C11H16N4. The van der Waals surface area contributed by atoms with Gasteiger partial charge in [0.2, 0.25) is 0 Å². The van der Waals surface area contributed by atoms with Crippen molar-refractivity contribution < 1.29 is 0 Å². The van der Waals surface area contributed by atoms with Crippen LogP contribution in [-0.2, 0) is 26.6 Å². The zero-order chi connectivity index (χ0) is 10.7. The van der Waals surface area contributed by atoms with Crippen molar-refractivity contribution in [2.75, 3.05) is 0 Å². The third-order valence-electron chi connectivity index (χ3n) is 2.63. The highest BCUT2D eigenvalue weighted by molar-refractivity contribution is 5.07. The second-order valence-electron chi connectivity index (χ2n) is 3.60. The highest BCUT2D eigenvalue weighted by atomic mass is 15.0. The molecule has 0 bridgehead atoms. The second kappa shape index (κ2) is 4.31. The van der Waals surface area contributed by atoms with Gasteiger partial charge in [-0.2, -0.15) is 0 Å². The molecule has 0 fully saturated rings. The molecule has 0 aromatic carbocycles. The number of imidazole rings is 1. The molecule has 0 saturated carbocycles. The lowest BCUT2D eigenvalue weighted by Crippen LogP contribution is -2.10. The van der Waals surface area contributed by atoms with Crippen molar-refractivity contribution in [2.45, 2.75) is 19.5 Å². The predicted octanol–water partition coefficient (Wildman–Crippen LogP) is 0.923. The van der Waals surface area contributed by atoms with E-state index >= 15 is 0 Å². The molecule has 2 N–H and O–H groups in total. The fraction of sp³-hybridized carbons (Fsp3) is 0.364. The minimum atomic E-state index is 0.591. The number of hydrogen-bond donors (Lipinski definition) is 1. The van der Waals surface area contributed by atoms with Crippen LogP contribution < -0.4 is 5.73 Å². The molecule has 0 aliphatic carbocycles. The van der Waals surface area contributed by atoms with Crippen LogP contribution in [0.4, 0.5) is 0 Å². The van der Waals surface area contributed by atoms with Gasteiger partial charge in [-0.3, -0.25) is 0 Å². The minimum Gasteiger partial charge on any atom is -0.350 e. The van der Waals surface area contributed by atoms with Crippen LogP contribution in [0.1, 0.15) is 11.5 Å². The van der Waals surface area contributed by atoms with Gasteiger partial charge in [-0.25, -0.2) is 4.98 Å². The summed E-state index contributed by atoms with van der Waals surface area (Å²) in [5, 5.41) is 0. The number of nitrogens with zero attached hydrogens (tertiary/aromatic N) is 3. The van der Waals surface area contributed by atoms with Crippen molar-refractivity contribution in [1.29, 1.82) is 0 Å². The lowest BCUT2D eigenvalue weighted by molar-refractivity contribution is 0.629. The van der Waals surface area contributed by atoms with Crippen molar-refractivity contribution >= 4 is 0 Å². The molecule has 15 heavy (non-hydrogen) atoms. The Morgan fingerprint density at radius 2 is 2.27 bits per heavy atom. The summed E-state index contributed by atoms with van der Waals surface area (Å²) in [5.41, 5.74) is 6.80. The summed E-state index contributed by atoms with van der Waals surface area (Å²) in [6.45, 7) is 1.53. The van der Waals surface area contributed by atoms with Crippen molar-refractivity contribution in [3.8, 4) is 0 Å². The van der Waals surface area contributed by atoms with E-state index in [0.29, 0.717) is 6.54 Å². The summed E-state index contributed by atoms with van der Waals surface area (Å²) >= 11 is 0. The molecule has 80 valence electrons. The molecule has 0 saturated heterocycles. The topological polar surface area (TPSA) is 48.8 Å². The van der Waals surface area contributed by atoms with Crippen LogP contribution in [-0.4, -0.2) is 14.1 Å². The quantitative estimate of drug-likeness (QED) is 0.805. The molecule has 2 aromatic rings. The molecule has 4 heteroatoms.